The summed E-state index contributed by atoms with van der Waals surface area (Å²) in [6, 6.07) is 10.4. The Morgan fingerprint density at radius 3 is 2.08 bits per heavy atom. The van der Waals surface area contributed by atoms with Crippen LogP contribution >= 0.6 is 23.4 Å². The molecule has 0 radical (unpaired) electrons. The van der Waals surface area contributed by atoms with E-state index in [0.29, 0.717) is 11.6 Å². The maximum Gasteiger partial charge on any atom is 0.226 e. The van der Waals surface area contributed by atoms with E-state index in [2.05, 4.69) is 78.5 Å². The van der Waals surface area contributed by atoms with Gasteiger partial charge in [0.1, 0.15) is 11.5 Å². The summed E-state index contributed by atoms with van der Waals surface area (Å²) in [4.78, 5) is 8.26. The van der Waals surface area contributed by atoms with Crippen LogP contribution in [0.5, 0.6) is 5.75 Å². The molecule has 0 spiro atoms. The normalized spacial score (nSPS) is 12.7. The smallest absolute Gasteiger partial charge is 0.226 e. The van der Waals surface area contributed by atoms with Crippen LogP contribution in [-0.2, 0) is 23.8 Å². The molecular weight excluding hydrogens is 500 g/mol. The number of rotatable bonds is 8. The highest BCUT2D eigenvalue weighted by molar-refractivity contribution is 7.99. The molecule has 0 bridgehead atoms. The fourth-order valence-corrected chi connectivity index (χ4v) is 5.57. The van der Waals surface area contributed by atoms with Gasteiger partial charge in [-0.2, -0.15) is 0 Å². The summed E-state index contributed by atoms with van der Waals surface area (Å²) >= 11 is 8.31. The van der Waals surface area contributed by atoms with Gasteiger partial charge >= 0.3 is 0 Å². The molecule has 37 heavy (non-hydrogen) atoms. The summed E-state index contributed by atoms with van der Waals surface area (Å²) in [7, 11) is 4.09. The van der Waals surface area contributed by atoms with Crippen LogP contribution in [0.1, 0.15) is 89.5 Å². The molecule has 2 aromatic carbocycles. The van der Waals surface area contributed by atoms with E-state index < -0.39 is 0 Å². The predicted molar refractivity (Wildman–Crippen MR) is 158 cm³/mol. The first-order valence-electron chi connectivity index (χ1n) is 13.0. The van der Waals surface area contributed by atoms with Crippen molar-refractivity contribution in [3.05, 3.63) is 63.5 Å². The van der Waals surface area contributed by atoms with Crippen molar-refractivity contribution in [2.24, 2.45) is 0 Å². The molecule has 0 aliphatic carbocycles. The number of phenols is 1. The van der Waals surface area contributed by atoms with Gasteiger partial charge in [-0.25, -0.2) is 4.98 Å². The van der Waals surface area contributed by atoms with Crippen molar-refractivity contribution in [1.29, 1.82) is 0 Å². The third kappa shape index (κ3) is 7.34. The van der Waals surface area contributed by atoms with Crippen LogP contribution in [-0.4, -0.2) is 34.8 Å². The molecule has 0 saturated heterocycles. The predicted octanol–water partition coefficient (Wildman–Crippen LogP) is 8.82. The molecule has 0 saturated carbocycles. The molecule has 0 aliphatic rings. The van der Waals surface area contributed by atoms with Gasteiger partial charge in [-0.3, -0.25) is 0 Å². The molecule has 0 aliphatic heterocycles. The standard InChI is InChI=1S/C31H43ClN2O2S/c1-19(2)28-26(13-14-37-22-12-11-20(18-34(9)10)25(32)17-22)33-29(36-28)21-15-23(30(3,4)5)27(35)24(16-21)31(6,7)8/h11-12,15-17,19,35H,13-14,18H2,1-10H3. The zero-order valence-corrected chi connectivity index (χ0v) is 25.7. The van der Waals surface area contributed by atoms with Crippen LogP contribution in [0.2, 0.25) is 5.02 Å². The summed E-state index contributed by atoms with van der Waals surface area (Å²) in [5, 5.41) is 11.9. The number of aromatic hydroxyl groups is 1. The Kier molecular flexibility index (Phi) is 9.14. The minimum absolute atomic E-state index is 0.212. The summed E-state index contributed by atoms with van der Waals surface area (Å²) in [6.45, 7) is 17.8. The SMILES string of the molecule is CC(C)c1oc(-c2cc(C(C)(C)C)c(O)c(C(C)(C)C)c2)nc1CCSc1ccc(CN(C)C)c(Cl)c1. The maximum absolute atomic E-state index is 11.1. The Morgan fingerprint density at radius 1 is 1.00 bits per heavy atom. The third-order valence-electron chi connectivity index (χ3n) is 6.34. The number of hydrogen-bond acceptors (Lipinski definition) is 5. The number of nitrogens with zero attached hydrogens (tertiary/aromatic N) is 2. The van der Waals surface area contributed by atoms with E-state index in [1.165, 1.54) is 0 Å². The Bertz CT molecular complexity index is 1200. The van der Waals surface area contributed by atoms with Crippen molar-refractivity contribution < 1.29 is 9.52 Å². The van der Waals surface area contributed by atoms with E-state index in [1.54, 1.807) is 11.8 Å². The lowest BCUT2D eigenvalue weighted by molar-refractivity contribution is 0.402. The molecule has 202 valence electrons. The number of aromatic nitrogens is 1. The van der Waals surface area contributed by atoms with Crippen molar-refractivity contribution >= 4 is 23.4 Å². The lowest BCUT2D eigenvalue weighted by atomic mass is 9.78. The molecule has 3 rings (SSSR count). The van der Waals surface area contributed by atoms with Crippen LogP contribution in [0.15, 0.2) is 39.6 Å². The average molecular weight is 543 g/mol. The molecule has 0 fully saturated rings. The zero-order valence-electron chi connectivity index (χ0n) is 24.1. The van der Waals surface area contributed by atoms with Crippen molar-refractivity contribution in [2.75, 3.05) is 19.8 Å². The highest BCUT2D eigenvalue weighted by atomic mass is 35.5. The zero-order chi connectivity index (χ0) is 27.7. The van der Waals surface area contributed by atoms with Gasteiger partial charge in [0.2, 0.25) is 5.89 Å². The molecule has 4 nitrogen and oxygen atoms in total. The summed E-state index contributed by atoms with van der Waals surface area (Å²) in [5.41, 5.74) is 4.44. The molecular formula is C31H43ClN2O2S. The van der Waals surface area contributed by atoms with Crippen molar-refractivity contribution in [1.82, 2.24) is 9.88 Å². The monoisotopic (exact) mass is 542 g/mol. The van der Waals surface area contributed by atoms with Crippen LogP contribution in [0.4, 0.5) is 0 Å². The highest BCUT2D eigenvalue weighted by Crippen LogP contribution is 2.42. The topological polar surface area (TPSA) is 49.5 Å². The van der Waals surface area contributed by atoms with Gasteiger partial charge in [0.15, 0.2) is 0 Å². The molecule has 1 heterocycles. The molecule has 6 heteroatoms. The van der Waals surface area contributed by atoms with Gasteiger partial charge in [-0.05, 0) is 54.8 Å². The molecule has 3 aromatic rings. The van der Waals surface area contributed by atoms with Crippen LogP contribution < -0.4 is 0 Å². The van der Waals surface area contributed by atoms with Crippen LogP contribution in [0.3, 0.4) is 0 Å². The number of oxazole rings is 1. The number of aryl methyl sites for hydroxylation is 1. The summed E-state index contributed by atoms with van der Waals surface area (Å²) < 4.78 is 6.38. The van der Waals surface area contributed by atoms with Gasteiger partial charge in [-0.15, -0.1) is 11.8 Å². The summed E-state index contributed by atoms with van der Waals surface area (Å²) in [5.74, 6) is 3.02. The highest BCUT2D eigenvalue weighted by Gasteiger charge is 2.28. The number of hydrogen-bond donors (Lipinski definition) is 1. The number of thioether (sulfide) groups is 1. The molecule has 0 unspecified atom stereocenters. The van der Waals surface area contributed by atoms with Crippen molar-refractivity contribution in [3.8, 4) is 17.2 Å². The van der Waals surface area contributed by atoms with E-state index in [1.807, 2.05) is 26.2 Å². The van der Waals surface area contributed by atoms with E-state index in [-0.39, 0.29) is 16.7 Å². The average Bonchev–Trinajstić information content (AvgIpc) is 3.18. The fourth-order valence-electron chi connectivity index (χ4n) is 4.37. The van der Waals surface area contributed by atoms with Gasteiger partial charge in [0.25, 0.3) is 0 Å². The van der Waals surface area contributed by atoms with E-state index in [4.69, 9.17) is 21.0 Å². The van der Waals surface area contributed by atoms with E-state index >= 15 is 0 Å². The Labute approximate surface area is 232 Å². The first kappa shape index (κ1) is 29.6. The Morgan fingerprint density at radius 2 is 1.59 bits per heavy atom. The summed E-state index contributed by atoms with van der Waals surface area (Å²) in [6.07, 6.45) is 0.801. The third-order valence-corrected chi connectivity index (χ3v) is 7.69. The Balaban J connectivity index is 1.89. The second-order valence-electron chi connectivity index (χ2n) is 12.5. The number of phenolic OH excluding ortho intramolecular Hbond substituents is 1. The van der Waals surface area contributed by atoms with E-state index in [9.17, 15) is 5.11 Å². The van der Waals surface area contributed by atoms with Crippen LogP contribution in [0, 0.1) is 0 Å². The first-order chi connectivity index (χ1) is 17.1. The maximum atomic E-state index is 11.1. The Hall–Kier alpha value is -1.95. The minimum atomic E-state index is -0.212. The molecule has 1 N–H and O–H groups in total. The largest absolute Gasteiger partial charge is 0.507 e. The number of halogens is 1. The van der Waals surface area contributed by atoms with E-state index in [0.717, 1.165) is 62.3 Å². The second kappa shape index (κ2) is 11.4. The molecule has 1 aromatic heterocycles. The molecule has 0 amide bonds. The lowest BCUT2D eigenvalue weighted by Gasteiger charge is -2.27. The number of benzene rings is 2. The van der Waals surface area contributed by atoms with Crippen molar-refractivity contribution in [3.63, 3.8) is 0 Å². The van der Waals surface area contributed by atoms with Crippen LogP contribution in [0.25, 0.3) is 11.5 Å². The first-order valence-corrected chi connectivity index (χ1v) is 14.4. The fraction of sp³-hybridized carbons (Fsp3) is 0.516. The van der Waals surface area contributed by atoms with Gasteiger partial charge in [-0.1, -0.05) is 73.1 Å². The van der Waals surface area contributed by atoms with Gasteiger partial charge in [0.05, 0.1) is 5.69 Å². The van der Waals surface area contributed by atoms with Crippen molar-refractivity contribution in [2.45, 2.75) is 90.0 Å². The van der Waals surface area contributed by atoms with Gasteiger partial charge in [0, 0.05) is 51.2 Å². The molecule has 0 atom stereocenters. The quantitative estimate of drug-likeness (QED) is 0.288. The minimum Gasteiger partial charge on any atom is -0.507 e. The second-order valence-corrected chi connectivity index (χ2v) is 14.1. The van der Waals surface area contributed by atoms with Gasteiger partial charge < -0.3 is 14.4 Å². The lowest BCUT2D eigenvalue weighted by Crippen LogP contribution is -2.17.